The van der Waals surface area contributed by atoms with Crippen molar-refractivity contribution in [2.45, 2.75) is 25.1 Å². The third-order valence-corrected chi connectivity index (χ3v) is 2.45. The second kappa shape index (κ2) is 3.90. The Morgan fingerprint density at radius 3 is 2.77 bits per heavy atom. The zero-order valence-electron chi connectivity index (χ0n) is 7.86. The fourth-order valence-electron chi connectivity index (χ4n) is 1.49. The maximum absolute atomic E-state index is 5.20. The molecular formula is C11H15NO. The van der Waals surface area contributed by atoms with Gasteiger partial charge in [0.2, 0.25) is 0 Å². The summed E-state index contributed by atoms with van der Waals surface area (Å²) in [6.07, 6.45) is 1.60. The Labute approximate surface area is 78.9 Å². The van der Waals surface area contributed by atoms with Crippen LogP contribution >= 0.6 is 0 Å². The molecule has 1 aromatic carbocycles. The number of methoxy groups -OCH3 is 1. The Bertz CT molecular complexity index is 260. The topological polar surface area (TPSA) is 21.3 Å². The third-order valence-electron chi connectivity index (χ3n) is 2.45. The van der Waals surface area contributed by atoms with Crippen molar-refractivity contribution in [1.29, 1.82) is 0 Å². The Kier molecular flexibility index (Phi) is 2.62. The molecule has 1 fully saturated rings. The van der Waals surface area contributed by atoms with Crippen LogP contribution in [-0.2, 0) is 11.3 Å². The van der Waals surface area contributed by atoms with E-state index in [0.29, 0.717) is 12.1 Å². The molecule has 0 amide bonds. The van der Waals surface area contributed by atoms with Gasteiger partial charge >= 0.3 is 0 Å². The minimum Gasteiger partial charge on any atom is -0.380 e. The van der Waals surface area contributed by atoms with E-state index in [9.17, 15) is 0 Å². The minimum absolute atomic E-state index is 0.448. The SMILES string of the molecule is COC1CC1NCc1ccccc1. The van der Waals surface area contributed by atoms with Gasteiger partial charge in [0.1, 0.15) is 0 Å². The quantitative estimate of drug-likeness (QED) is 0.753. The van der Waals surface area contributed by atoms with E-state index >= 15 is 0 Å². The van der Waals surface area contributed by atoms with E-state index in [-0.39, 0.29) is 0 Å². The normalized spacial score (nSPS) is 25.9. The highest BCUT2D eigenvalue weighted by molar-refractivity contribution is 5.14. The van der Waals surface area contributed by atoms with Crippen LogP contribution in [0.1, 0.15) is 12.0 Å². The van der Waals surface area contributed by atoms with E-state index in [1.807, 2.05) is 6.07 Å². The lowest BCUT2D eigenvalue weighted by Crippen LogP contribution is -2.19. The molecule has 0 bridgehead atoms. The van der Waals surface area contributed by atoms with Gasteiger partial charge in [0, 0.05) is 19.7 Å². The summed E-state index contributed by atoms with van der Waals surface area (Å²) < 4.78 is 5.20. The van der Waals surface area contributed by atoms with Gasteiger partial charge in [-0.05, 0) is 12.0 Å². The van der Waals surface area contributed by atoms with Crippen molar-refractivity contribution < 1.29 is 4.74 Å². The van der Waals surface area contributed by atoms with Gasteiger partial charge in [0.15, 0.2) is 0 Å². The number of hydrogen-bond donors (Lipinski definition) is 1. The van der Waals surface area contributed by atoms with E-state index < -0.39 is 0 Å². The predicted octanol–water partition coefficient (Wildman–Crippen LogP) is 1.56. The number of nitrogens with one attached hydrogen (secondary N) is 1. The Morgan fingerprint density at radius 1 is 1.38 bits per heavy atom. The molecule has 2 nitrogen and oxygen atoms in total. The maximum Gasteiger partial charge on any atom is 0.0741 e. The summed E-state index contributed by atoms with van der Waals surface area (Å²) in [6.45, 7) is 0.950. The molecule has 1 aliphatic rings. The lowest BCUT2D eigenvalue weighted by Gasteiger charge is -2.02. The van der Waals surface area contributed by atoms with E-state index in [0.717, 1.165) is 13.0 Å². The molecule has 1 N–H and O–H groups in total. The molecule has 0 saturated heterocycles. The van der Waals surface area contributed by atoms with E-state index in [1.165, 1.54) is 5.56 Å². The van der Waals surface area contributed by atoms with Crippen molar-refractivity contribution in [3.63, 3.8) is 0 Å². The van der Waals surface area contributed by atoms with Gasteiger partial charge in [-0.15, -0.1) is 0 Å². The van der Waals surface area contributed by atoms with Crippen molar-refractivity contribution in [3.05, 3.63) is 35.9 Å². The highest BCUT2D eigenvalue weighted by atomic mass is 16.5. The van der Waals surface area contributed by atoms with Gasteiger partial charge < -0.3 is 10.1 Å². The molecule has 1 saturated carbocycles. The zero-order valence-corrected chi connectivity index (χ0v) is 7.86. The van der Waals surface area contributed by atoms with E-state index in [1.54, 1.807) is 7.11 Å². The summed E-state index contributed by atoms with van der Waals surface area (Å²) in [5.41, 5.74) is 1.34. The molecule has 2 atom stereocenters. The third kappa shape index (κ3) is 2.29. The minimum atomic E-state index is 0.448. The van der Waals surface area contributed by atoms with Crippen LogP contribution in [0, 0.1) is 0 Å². The summed E-state index contributed by atoms with van der Waals surface area (Å²) in [4.78, 5) is 0. The molecule has 1 aliphatic carbocycles. The van der Waals surface area contributed by atoms with Crippen molar-refractivity contribution in [2.24, 2.45) is 0 Å². The summed E-state index contributed by atoms with van der Waals surface area (Å²) in [6, 6.07) is 11.0. The second-order valence-electron chi connectivity index (χ2n) is 3.48. The summed E-state index contributed by atoms with van der Waals surface area (Å²) in [7, 11) is 1.77. The average molecular weight is 177 g/mol. The van der Waals surface area contributed by atoms with Gasteiger partial charge in [0.05, 0.1) is 6.10 Å². The molecule has 0 heterocycles. The predicted molar refractivity (Wildman–Crippen MR) is 52.5 cm³/mol. The molecule has 1 aromatic rings. The lowest BCUT2D eigenvalue weighted by molar-refractivity contribution is 0.173. The molecule has 2 heteroatoms. The van der Waals surface area contributed by atoms with Crippen molar-refractivity contribution in [2.75, 3.05) is 7.11 Å². The molecular weight excluding hydrogens is 162 g/mol. The molecule has 2 unspecified atom stereocenters. The van der Waals surface area contributed by atoms with Crippen molar-refractivity contribution in [3.8, 4) is 0 Å². The Hall–Kier alpha value is -0.860. The largest absolute Gasteiger partial charge is 0.380 e. The van der Waals surface area contributed by atoms with Gasteiger partial charge in [-0.3, -0.25) is 0 Å². The van der Waals surface area contributed by atoms with Crippen LogP contribution in [0.25, 0.3) is 0 Å². The fourth-order valence-corrected chi connectivity index (χ4v) is 1.49. The average Bonchev–Trinajstić information content (AvgIpc) is 2.95. The van der Waals surface area contributed by atoms with Crippen LogP contribution in [0.15, 0.2) is 30.3 Å². The van der Waals surface area contributed by atoms with Gasteiger partial charge in [0.25, 0.3) is 0 Å². The first-order chi connectivity index (χ1) is 6.40. The van der Waals surface area contributed by atoms with Gasteiger partial charge in [-0.2, -0.15) is 0 Å². The van der Waals surface area contributed by atoms with Crippen LogP contribution in [0.4, 0.5) is 0 Å². The maximum atomic E-state index is 5.20. The van der Waals surface area contributed by atoms with Crippen LogP contribution in [-0.4, -0.2) is 19.3 Å². The van der Waals surface area contributed by atoms with E-state index in [2.05, 4.69) is 29.6 Å². The van der Waals surface area contributed by atoms with Gasteiger partial charge in [-0.1, -0.05) is 30.3 Å². The standard InChI is InChI=1S/C11H15NO/c1-13-11-7-10(11)12-8-9-5-3-2-4-6-9/h2-6,10-12H,7-8H2,1H3. The molecule has 0 spiro atoms. The van der Waals surface area contributed by atoms with Crippen LogP contribution in [0.5, 0.6) is 0 Å². The summed E-state index contributed by atoms with van der Waals surface area (Å²) >= 11 is 0. The molecule has 0 aliphatic heterocycles. The summed E-state index contributed by atoms with van der Waals surface area (Å²) in [5, 5.41) is 3.45. The molecule has 0 aromatic heterocycles. The Balaban J connectivity index is 1.75. The lowest BCUT2D eigenvalue weighted by atomic mass is 10.2. The molecule has 2 rings (SSSR count). The number of rotatable bonds is 4. The first-order valence-electron chi connectivity index (χ1n) is 4.70. The molecule has 0 radical (unpaired) electrons. The highest BCUT2D eigenvalue weighted by Gasteiger charge is 2.36. The fraction of sp³-hybridized carbons (Fsp3) is 0.455. The smallest absolute Gasteiger partial charge is 0.0741 e. The molecule has 13 heavy (non-hydrogen) atoms. The monoisotopic (exact) mass is 177 g/mol. The first-order valence-corrected chi connectivity index (χ1v) is 4.70. The van der Waals surface area contributed by atoms with Crippen molar-refractivity contribution in [1.82, 2.24) is 5.32 Å². The van der Waals surface area contributed by atoms with Crippen LogP contribution in [0.2, 0.25) is 0 Å². The second-order valence-corrected chi connectivity index (χ2v) is 3.48. The Morgan fingerprint density at radius 2 is 2.15 bits per heavy atom. The number of benzene rings is 1. The number of hydrogen-bond acceptors (Lipinski definition) is 2. The van der Waals surface area contributed by atoms with Gasteiger partial charge in [-0.25, -0.2) is 0 Å². The number of ether oxygens (including phenoxy) is 1. The highest BCUT2D eigenvalue weighted by Crippen LogP contribution is 2.24. The van der Waals surface area contributed by atoms with Crippen molar-refractivity contribution >= 4 is 0 Å². The van der Waals surface area contributed by atoms with Crippen LogP contribution < -0.4 is 5.32 Å². The van der Waals surface area contributed by atoms with Crippen LogP contribution in [0.3, 0.4) is 0 Å². The van der Waals surface area contributed by atoms with E-state index in [4.69, 9.17) is 4.74 Å². The summed E-state index contributed by atoms with van der Waals surface area (Å²) in [5.74, 6) is 0. The molecule has 70 valence electrons. The first kappa shape index (κ1) is 8.73. The zero-order chi connectivity index (χ0) is 9.10.